The van der Waals surface area contributed by atoms with Gasteiger partial charge in [-0.15, -0.1) is 0 Å². The molecule has 96 valence electrons. The van der Waals surface area contributed by atoms with Crippen LogP contribution in [-0.4, -0.2) is 30.8 Å². The molecule has 0 spiro atoms. The number of rotatable bonds is 2. The number of nitrogens with zero attached hydrogens (tertiary/aromatic N) is 3. The molecule has 0 saturated carbocycles. The maximum Gasteiger partial charge on any atom is 0.103 e. The fourth-order valence-electron chi connectivity index (χ4n) is 2.63. The van der Waals surface area contributed by atoms with E-state index in [0.717, 1.165) is 30.1 Å². The molecule has 1 saturated heterocycles. The van der Waals surface area contributed by atoms with Crippen LogP contribution in [0.4, 0.5) is 5.69 Å². The molecule has 2 atom stereocenters. The lowest BCUT2D eigenvalue weighted by Crippen LogP contribution is -2.37. The summed E-state index contributed by atoms with van der Waals surface area (Å²) in [4.78, 5) is 6.52. The van der Waals surface area contributed by atoms with Crippen molar-refractivity contribution in [2.45, 2.75) is 39.3 Å². The van der Waals surface area contributed by atoms with Crippen LogP contribution in [0.5, 0.6) is 0 Å². The molecular formula is C14H19N3O. The molecule has 0 N–H and O–H groups in total. The maximum atomic E-state index is 9.30. The number of ether oxygens (including phenoxy) is 1. The van der Waals surface area contributed by atoms with E-state index in [4.69, 9.17) is 4.74 Å². The summed E-state index contributed by atoms with van der Waals surface area (Å²) in [5, 5.41) is 9.30. The topological polar surface area (TPSA) is 49.1 Å². The van der Waals surface area contributed by atoms with Gasteiger partial charge in [0.05, 0.1) is 29.1 Å². The van der Waals surface area contributed by atoms with Gasteiger partial charge in [0.15, 0.2) is 0 Å². The van der Waals surface area contributed by atoms with Gasteiger partial charge >= 0.3 is 0 Å². The SMILES string of the molecule is Cc1cc(N(C)C2CCOC2C)c(C#N)c(C)n1. The van der Waals surface area contributed by atoms with E-state index in [1.165, 1.54) is 0 Å². The minimum absolute atomic E-state index is 0.204. The van der Waals surface area contributed by atoms with Crippen molar-refractivity contribution in [1.29, 1.82) is 5.26 Å². The number of pyridine rings is 1. The van der Waals surface area contributed by atoms with Crippen molar-refractivity contribution in [3.05, 3.63) is 23.0 Å². The molecule has 2 heterocycles. The lowest BCUT2D eigenvalue weighted by atomic mass is 10.1. The van der Waals surface area contributed by atoms with E-state index >= 15 is 0 Å². The molecule has 0 radical (unpaired) electrons. The first-order valence-electron chi connectivity index (χ1n) is 6.27. The van der Waals surface area contributed by atoms with Crippen LogP contribution in [0.25, 0.3) is 0 Å². The van der Waals surface area contributed by atoms with Crippen LogP contribution in [0.2, 0.25) is 0 Å². The van der Waals surface area contributed by atoms with Crippen LogP contribution in [-0.2, 0) is 4.74 Å². The van der Waals surface area contributed by atoms with Gasteiger partial charge in [-0.1, -0.05) is 0 Å². The molecule has 4 heteroatoms. The summed E-state index contributed by atoms with van der Waals surface area (Å²) in [7, 11) is 2.03. The fourth-order valence-corrected chi connectivity index (χ4v) is 2.63. The number of aryl methyl sites for hydroxylation is 2. The first-order valence-corrected chi connectivity index (χ1v) is 6.27. The zero-order chi connectivity index (χ0) is 13.3. The Hall–Kier alpha value is -1.60. The summed E-state index contributed by atoms with van der Waals surface area (Å²) in [6.45, 7) is 6.72. The van der Waals surface area contributed by atoms with E-state index in [2.05, 4.69) is 22.9 Å². The number of hydrogen-bond acceptors (Lipinski definition) is 4. The molecule has 18 heavy (non-hydrogen) atoms. The van der Waals surface area contributed by atoms with Crippen molar-refractivity contribution in [3.63, 3.8) is 0 Å². The Bertz CT molecular complexity index is 493. The van der Waals surface area contributed by atoms with E-state index < -0.39 is 0 Å². The van der Waals surface area contributed by atoms with Crippen LogP contribution in [0.15, 0.2) is 6.07 Å². The number of hydrogen-bond donors (Lipinski definition) is 0. The highest BCUT2D eigenvalue weighted by molar-refractivity contribution is 5.62. The zero-order valence-electron chi connectivity index (χ0n) is 11.4. The molecule has 4 nitrogen and oxygen atoms in total. The van der Waals surface area contributed by atoms with Gasteiger partial charge in [-0.3, -0.25) is 4.98 Å². The van der Waals surface area contributed by atoms with Crippen molar-refractivity contribution in [2.75, 3.05) is 18.6 Å². The van der Waals surface area contributed by atoms with Gasteiger partial charge < -0.3 is 9.64 Å². The fraction of sp³-hybridized carbons (Fsp3) is 0.571. The van der Waals surface area contributed by atoms with E-state index in [-0.39, 0.29) is 6.10 Å². The van der Waals surface area contributed by atoms with Crippen LogP contribution in [0, 0.1) is 25.2 Å². The summed E-state index contributed by atoms with van der Waals surface area (Å²) < 4.78 is 5.60. The third kappa shape index (κ3) is 2.19. The number of likely N-dealkylation sites (N-methyl/N-ethyl adjacent to an activating group) is 1. The van der Waals surface area contributed by atoms with E-state index in [9.17, 15) is 5.26 Å². The van der Waals surface area contributed by atoms with Crippen molar-refractivity contribution in [1.82, 2.24) is 4.98 Å². The summed E-state index contributed by atoms with van der Waals surface area (Å²) in [6, 6.07) is 4.58. The van der Waals surface area contributed by atoms with Gasteiger partial charge in [-0.25, -0.2) is 0 Å². The molecule has 1 fully saturated rings. The smallest absolute Gasteiger partial charge is 0.103 e. The second-order valence-corrected chi connectivity index (χ2v) is 4.90. The number of nitriles is 1. The minimum atomic E-state index is 0.204. The first-order chi connectivity index (χ1) is 8.54. The summed E-state index contributed by atoms with van der Waals surface area (Å²) >= 11 is 0. The number of anilines is 1. The molecule has 0 aromatic carbocycles. The quantitative estimate of drug-likeness (QED) is 0.801. The Morgan fingerprint density at radius 2 is 2.22 bits per heavy atom. The normalized spacial score (nSPS) is 22.8. The maximum absolute atomic E-state index is 9.30. The second-order valence-electron chi connectivity index (χ2n) is 4.90. The van der Waals surface area contributed by atoms with Gasteiger partial charge in [0.1, 0.15) is 6.07 Å². The van der Waals surface area contributed by atoms with Crippen molar-refractivity contribution in [2.24, 2.45) is 0 Å². The second kappa shape index (κ2) is 4.95. The Balaban J connectivity index is 2.41. The molecule has 0 bridgehead atoms. The molecular weight excluding hydrogens is 226 g/mol. The lowest BCUT2D eigenvalue weighted by Gasteiger charge is -2.30. The van der Waals surface area contributed by atoms with Crippen LogP contribution in [0.1, 0.15) is 30.3 Å². The highest BCUT2D eigenvalue weighted by Crippen LogP contribution is 2.28. The monoisotopic (exact) mass is 245 g/mol. The number of aromatic nitrogens is 1. The van der Waals surface area contributed by atoms with Crippen molar-refractivity contribution < 1.29 is 4.74 Å². The van der Waals surface area contributed by atoms with Crippen molar-refractivity contribution >= 4 is 5.69 Å². The molecule has 0 amide bonds. The third-order valence-corrected chi connectivity index (χ3v) is 3.63. The van der Waals surface area contributed by atoms with E-state index in [0.29, 0.717) is 11.6 Å². The molecule has 2 rings (SSSR count). The largest absolute Gasteiger partial charge is 0.376 e. The molecule has 0 aliphatic carbocycles. The molecule has 1 aromatic heterocycles. The Morgan fingerprint density at radius 3 is 2.78 bits per heavy atom. The van der Waals surface area contributed by atoms with Gasteiger partial charge in [-0.2, -0.15) is 5.26 Å². The molecule has 2 unspecified atom stereocenters. The van der Waals surface area contributed by atoms with Gasteiger partial charge in [0.2, 0.25) is 0 Å². The minimum Gasteiger partial charge on any atom is -0.376 e. The Labute approximate surface area is 108 Å². The third-order valence-electron chi connectivity index (χ3n) is 3.63. The summed E-state index contributed by atoms with van der Waals surface area (Å²) in [5.41, 5.74) is 3.37. The van der Waals surface area contributed by atoms with Gasteiger partial charge in [-0.05, 0) is 33.3 Å². The standard InChI is InChI=1S/C14H19N3O/c1-9-7-14(12(8-15)10(2)16-9)17(4)13-5-6-18-11(13)3/h7,11,13H,5-6H2,1-4H3. The highest BCUT2D eigenvalue weighted by Gasteiger charge is 2.29. The summed E-state index contributed by atoms with van der Waals surface area (Å²) in [6.07, 6.45) is 1.21. The predicted octanol–water partition coefficient (Wildman–Crippen LogP) is 2.18. The van der Waals surface area contributed by atoms with Crippen LogP contribution < -0.4 is 4.90 Å². The Kier molecular flexibility index (Phi) is 3.53. The van der Waals surface area contributed by atoms with Crippen LogP contribution in [0.3, 0.4) is 0 Å². The molecule has 1 aromatic rings. The van der Waals surface area contributed by atoms with E-state index in [1.54, 1.807) is 0 Å². The molecule has 1 aliphatic heterocycles. The van der Waals surface area contributed by atoms with Gasteiger partial charge in [0, 0.05) is 19.3 Å². The van der Waals surface area contributed by atoms with E-state index in [1.807, 2.05) is 27.0 Å². The zero-order valence-corrected chi connectivity index (χ0v) is 11.4. The van der Waals surface area contributed by atoms with Gasteiger partial charge in [0.25, 0.3) is 0 Å². The highest BCUT2D eigenvalue weighted by atomic mass is 16.5. The van der Waals surface area contributed by atoms with Crippen molar-refractivity contribution in [3.8, 4) is 6.07 Å². The average molecular weight is 245 g/mol. The predicted molar refractivity (Wildman–Crippen MR) is 70.6 cm³/mol. The Morgan fingerprint density at radius 1 is 1.50 bits per heavy atom. The lowest BCUT2D eigenvalue weighted by molar-refractivity contribution is 0.118. The summed E-state index contributed by atoms with van der Waals surface area (Å²) in [5.74, 6) is 0. The first kappa shape index (κ1) is 12.8. The van der Waals surface area contributed by atoms with Crippen LogP contribution >= 0.6 is 0 Å². The molecule has 1 aliphatic rings. The average Bonchev–Trinajstić information content (AvgIpc) is 2.73.